The molecule has 0 heterocycles. The molecule has 1 atom stereocenters. The van der Waals surface area contributed by atoms with E-state index in [-0.39, 0.29) is 11.9 Å². The lowest BCUT2D eigenvalue weighted by Gasteiger charge is -2.16. The molecule has 0 bridgehead atoms. The van der Waals surface area contributed by atoms with Crippen molar-refractivity contribution in [2.24, 2.45) is 0 Å². The molecule has 2 nitrogen and oxygen atoms in total. The standard InChI is InChI=1S/C13H20FNO/c1-10(2)15-8-7-11(3)16-13-6-4-5-12(14)9-13/h4-6,9-11,15H,7-8H2,1-3H3. The predicted octanol–water partition coefficient (Wildman–Crippen LogP) is 2.98. The van der Waals surface area contributed by atoms with Gasteiger partial charge in [0.1, 0.15) is 11.6 Å². The van der Waals surface area contributed by atoms with E-state index in [4.69, 9.17) is 4.74 Å². The number of hydrogen-bond acceptors (Lipinski definition) is 2. The molecule has 1 aromatic carbocycles. The average Bonchev–Trinajstić information content (AvgIpc) is 2.16. The summed E-state index contributed by atoms with van der Waals surface area (Å²) in [4.78, 5) is 0. The number of hydrogen-bond donors (Lipinski definition) is 1. The Morgan fingerprint density at radius 2 is 2.06 bits per heavy atom. The van der Waals surface area contributed by atoms with Crippen LogP contribution in [-0.2, 0) is 0 Å². The van der Waals surface area contributed by atoms with Crippen LogP contribution in [0, 0.1) is 5.82 Å². The second-order valence-corrected chi connectivity index (χ2v) is 4.28. The van der Waals surface area contributed by atoms with Gasteiger partial charge in [-0.1, -0.05) is 19.9 Å². The first-order valence-corrected chi connectivity index (χ1v) is 5.73. The van der Waals surface area contributed by atoms with E-state index in [0.717, 1.165) is 13.0 Å². The maximum absolute atomic E-state index is 12.9. The second-order valence-electron chi connectivity index (χ2n) is 4.28. The number of ether oxygens (including phenoxy) is 1. The van der Waals surface area contributed by atoms with Crippen molar-refractivity contribution >= 4 is 0 Å². The molecule has 0 radical (unpaired) electrons. The summed E-state index contributed by atoms with van der Waals surface area (Å²) in [6, 6.07) is 6.74. The van der Waals surface area contributed by atoms with Gasteiger partial charge in [0.05, 0.1) is 6.10 Å². The van der Waals surface area contributed by atoms with Crippen molar-refractivity contribution in [3.63, 3.8) is 0 Å². The summed E-state index contributed by atoms with van der Waals surface area (Å²) in [7, 11) is 0. The van der Waals surface area contributed by atoms with Crippen molar-refractivity contribution < 1.29 is 9.13 Å². The van der Waals surface area contributed by atoms with Crippen molar-refractivity contribution in [2.45, 2.75) is 39.3 Å². The monoisotopic (exact) mass is 225 g/mol. The van der Waals surface area contributed by atoms with Crippen LogP contribution in [0.2, 0.25) is 0 Å². The first kappa shape index (κ1) is 13.0. The highest BCUT2D eigenvalue weighted by molar-refractivity contribution is 5.22. The Morgan fingerprint density at radius 1 is 1.31 bits per heavy atom. The summed E-state index contributed by atoms with van der Waals surface area (Å²) in [5.74, 6) is 0.335. The molecule has 1 rings (SSSR count). The van der Waals surface area contributed by atoms with Crippen LogP contribution in [0.4, 0.5) is 4.39 Å². The van der Waals surface area contributed by atoms with Gasteiger partial charge in [0.15, 0.2) is 0 Å². The molecule has 16 heavy (non-hydrogen) atoms. The largest absolute Gasteiger partial charge is 0.491 e. The summed E-state index contributed by atoms with van der Waals surface area (Å²) >= 11 is 0. The van der Waals surface area contributed by atoms with Crippen molar-refractivity contribution in [1.29, 1.82) is 0 Å². The smallest absolute Gasteiger partial charge is 0.126 e. The highest BCUT2D eigenvalue weighted by Gasteiger charge is 2.04. The number of nitrogens with one attached hydrogen (secondary N) is 1. The molecule has 0 saturated carbocycles. The fourth-order valence-corrected chi connectivity index (χ4v) is 1.41. The molecule has 0 aliphatic rings. The summed E-state index contributed by atoms with van der Waals surface area (Å²) in [5, 5.41) is 3.32. The molecule has 3 heteroatoms. The van der Waals surface area contributed by atoms with Gasteiger partial charge in [-0.2, -0.15) is 0 Å². The number of rotatable bonds is 6. The molecule has 0 fully saturated rings. The predicted molar refractivity (Wildman–Crippen MR) is 64.2 cm³/mol. The van der Waals surface area contributed by atoms with Crippen molar-refractivity contribution in [1.82, 2.24) is 5.32 Å². The van der Waals surface area contributed by atoms with Crippen LogP contribution in [-0.4, -0.2) is 18.7 Å². The lowest BCUT2D eigenvalue weighted by Crippen LogP contribution is -2.27. The Kier molecular flexibility index (Phi) is 5.26. The van der Waals surface area contributed by atoms with Crippen LogP contribution in [0.15, 0.2) is 24.3 Å². The molecule has 1 unspecified atom stereocenters. The van der Waals surface area contributed by atoms with E-state index in [9.17, 15) is 4.39 Å². The van der Waals surface area contributed by atoms with Gasteiger partial charge in [0.25, 0.3) is 0 Å². The highest BCUT2D eigenvalue weighted by atomic mass is 19.1. The Labute approximate surface area is 96.8 Å². The molecular weight excluding hydrogens is 205 g/mol. The number of benzene rings is 1. The van der Waals surface area contributed by atoms with Gasteiger partial charge < -0.3 is 10.1 Å². The van der Waals surface area contributed by atoms with Crippen LogP contribution in [0.3, 0.4) is 0 Å². The van der Waals surface area contributed by atoms with Crippen molar-refractivity contribution in [3.05, 3.63) is 30.1 Å². The first-order valence-electron chi connectivity index (χ1n) is 5.73. The molecule has 90 valence electrons. The lowest BCUT2D eigenvalue weighted by atomic mass is 10.2. The Bertz CT molecular complexity index is 315. The molecule has 0 aliphatic carbocycles. The highest BCUT2D eigenvalue weighted by Crippen LogP contribution is 2.14. The first-order chi connectivity index (χ1) is 7.58. The Balaban J connectivity index is 2.31. The molecule has 0 saturated heterocycles. The van der Waals surface area contributed by atoms with E-state index in [0.29, 0.717) is 11.8 Å². The zero-order chi connectivity index (χ0) is 12.0. The minimum Gasteiger partial charge on any atom is -0.491 e. The molecular formula is C13H20FNO. The van der Waals surface area contributed by atoms with Crippen molar-refractivity contribution in [2.75, 3.05) is 6.54 Å². The van der Waals surface area contributed by atoms with Crippen molar-refractivity contribution in [3.8, 4) is 5.75 Å². The summed E-state index contributed by atoms with van der Waals surface area (Å²) in [6.45, 7) is 7.12. The maximum Gasteiger partial charge on any atom is 0.126 e. The quantitative estimate of drug-likeness (QED) is 0.803. The minimum absolute atomic E-state index is 0.0908. The molecule has 0 aliphatic heterocycles. The fraction of sp³-hybridized carbons (Fsp3) is 0.538. The van der Waals surface area contributed by atoms with Gasteiger partial charge in [0, 0.05) is 12.1 Å². The zero-order valence-electron chi connectivity index (χ0n) is 10.2. The van der Waals surface area contributed by atoms with Crippen LogP contribution in [0.1, 0.15) is 27.2 Å². The van der Waals surface area contributed by atoms with E-state index in [1.807, 2.05) is 6.92 Å². The van der Waals surface area contributed by atoms with Crippen LogP contribution in [0.5, 0.6) is 5.75 Å². The zero-order valence-corrected chi connectivity index (χ0v) is 10.2. The average molecular weight is 225 g/mol. The minimum atomic E-state index is -0.259. The van der Waals surface area contributed by atoms with Gasteiger partial charge in [-0.05, 0) is 32.0 Å². The van der Waals surface area contributed by atoms with Gasteiger partial charge in [-0.15, -0.1) is 0 Å². The van der Waals surface area contributed by atoms with Gasteiger partial charge >= 0.3 is 0 Å². The summed E-state index contributed by atoms with van der Waals surface area (Å²) < 4.78 is 18.5. The van der Waals surface area contributed by atoms with E-state index in [1.54, 1.807) is 12.1 Å². The number of halogens is 1. The lowest BCUT2D eigenvalue weighted by molar-refractivity contribution is 0.208. The van der Waals surface area contributed by atoms with E-state index in [1.165, 1.54) is 12.1 Å². The third-order valence-electron chi connectivity index (χ3n) is 2.24. The topological polar surface area (TPSA) is 21.3 Å². The molecule has 0 aromatic heterocycles. The SMILES string of the molecule is CC(C)NCCC(C)Oc1cccc(F)c1. The summed E-state index contributed by atoms with van der Waals surface area (Å²) in [6.07, 6.45) is 1.00. The van der Waals surface area contributed by atoms with Crippen LogP contribution >= 0.6 is 0 Å². The third kappa shape index (κ3) is 5.12. The molecule has 0 spiro atoms. The van der Waals surface area contributed by atoms with Gasteiger partial charge in [0.2, 0.25) is 0 Å². The summed E-state index contributed by atoms with van der Waals surface area (Å²) in [5.41, 5.74) is 0. The molecule has 1 N–H and O–H groups in total. The second kappa shape index (κ2) is 6.48. The maximum atomic E-state index is 12.9. The molecule has 1 aromatic rings. The fourth-order valence-electron chi connectivity index (χ4n) is 1.41. The normalized spacial score (nSPS) is 12.8. The molecule has 0 amide bonds. The Hall–Kier alpha value is -1.09. The third-order valence-corrected chi connectivity index (χ3v) is 2.24. The van der Waals surface area contributed by atoms with Crippen LogP contribution in [0.25, 0.3) is 0 Å². The van der Waals surface area contributed by atoms with Gasteiger partial charge in [-0.3, -0.25) is 0 Å². The van der Waals surface area contributed by atoms with E-state index in [2.05, 4.69) is 19.2 Å². The van der Waals surface area contributed by atoms with E-state index < -0.39 is 0 Å². The van der Waals surface area contributed by atoms with Crippen LogP contribution < -0.4 is 10.1 Å². The van der Waals surface area contributed by atoms with Gasteiger partial charge in [-0.25, -0.2) is 4.39 Å². The van der Waals surface area contributed by atoms with E-state index >= 15 is 0 Å². The Morgan fingerprint density at radius 3 is 2.69 bits per heavy atom.